The molecule has 0 saturated heterocycles. The Kier molecular flexibility index (Phi) is 4.80. The fourth-order valence-electron chi connectivity index (χ4n) is 2.28. The molecule has 1 unspecified atom stereocenters. The van der Waals surface area contributed by atoms with Gasteiger partial charge in [0.05, 0.1) is 6.26 Å². The van der Waals surface area contributed by atoms with Gasteiger partial charge < -0.3 is 9.73 Å². The van der Waals surface area contributed by atoms with Crippen LogP contribution in [0.5, 0.6) is 0 Å². The Bertz CT molecular complexity index is 488. The van der Waals surface area contributed by atoms with Gasteiger partial charge in [0.2, 0.25) is 0 Å². The first-order chi connectivity index (χ1) is 9.15. The average Bonchev–Trinajstić information content (AvgIpc) is 2.87. The van der Waals surface area contributed by atoms with Crippen LogP contribution in [0, 0.1) is 6.92 Å². The molecule has 1 N–H and O–H groups in total. The van der Waals surface area contributed by atoms with Crippen molar-refractivity contribution >= 4 is 0 Å². The average molecular weight is 257 g/mol. The third-order valence-electron chi connectivity index (χ3n) is 3.31. The minimum absolute atomic E-state index is 0.452. The smallest absolute Gasteiger partial charge is 0.104 e. The van der Waals surface area contributed by atoms with Crippen LogP contribution in [-0.4, -0.2) is 12.6 Å². The lowest BCUT2D eigenvalue weighted by molar-refractivity contribution is 0.461. The molecule has 2 aromatic rings. The topological polar surface area (TPSA) is 25.2 Å². The lowest BCUT2D eigenvalue weighted by Gasteiger charge is -2.19. The number of hydrogen-bond acceptors (Lipinski definition) is 2. The molecule has 0 aliphatic rings. The Morgan fingerprint density at radius 3 is 2.63 bits per heavy atom. The highest BCUT2D eigenvalue weighted by Gasteiger charge is 2.14. The van der Waals surface area contributed by atoms with Gasteiger partial charge in [0.25, 0.3) is 0 Å². The molecule has 2 heteroatoms. The predicted octanol–water partition coefficient (Wildman–Crippen LogP) is 3.91. The summed E-state index contributed by atoms with van der Waals surface area (Å²) in [7, 11) is 0. The number of hydrogen-bond donors (Lipinski definition) is 1. The SMILES string of the molecule is Cc1cccc(C(CNC(C)C)Cc2ccco2)c1. The molecular formula is C17H23NO. The Morgan fingerprint density at radius 1 is 1.16 bits per heavy atom. The summed E-state index contributed by atoms with van der Waals surface area (Å²) < 4.78 is 5.49. The van der Waals surface area contributed by atoms with Crippen molar-refractivity contribution in [2.45, 2.75) is 39.2 Å². The lowest BCUT2D eigenvalue weighted by atomic mass is 9.93. The quantitative estimate of drug-likeness (QED) is 0.848. The van der Waals surface area contributed by atoms with Crippen LogP contribution >= 0.6 is 0 Å². The van der Waals surface area contributed by atoms with Crippen molar-refractivity contribution in [2.75, 3.05) is 6.54 Å². The molecule has 1 heterocycles. The van der Waals surface area contributed by atoms with Crippen LogP contribution in [0.4, 0.5) is 0 Å². The molecule has 0 bridgehead atoms. The molecule has 102 valence electrons. The van der Waals surface area contributed by atoms with Crippen LogP contribution in [0.3, 0.4) is 0 Å². The first-order valence-electron chi connectivity index (χ1n) is 6.97. The maximum absolute atomic E-state index is 5.49. The number of nitrogens with one attached hydrogen (secondary N) is 1. The van der Waals surface area contributed by atoms with Crippen molar-refractivity contribution in [3.63, 3.8) is 0 Å². The molecule has 1 aromatic heterocycles. The van der Waals surface area contributed by atoms with Gasteiger partial charge in [-0.1, -0.05) is 43.7 Å². The highest BCUT2D eigenvalue weighted by molar-refractivity contribution is 5.27. The molecule has 0 aliphatic carbocycles. The Morgan fingerprint density at radius 2 is 2.00 bits per heavy atom. The second-order valence-corrected chi connectivity index (χ2v) is 5.46. The van der Waals surface area contributed by atoms with E-state index < -0.39 is 0 Å². The Balaban J connectivity index is 2.13. The third kappa shape index (κ3) is 4.25. The van der Waals surface area contributed by atoms with Crippen molar-refractivity contribution < 1.29 is 4.42 Å². The van der Waals surface area contributed by atoms with Crippen molar-refractivity contribution in [1.29, 1.82) is 0 Å². The fraction of sp³-hybridized carbons (Fsp3) is 0.412. The van der Waals surface area contributed by atoms with E-state index in [4.69, 9.17) is 4.42 Å². The molecule has 0 saturated carbocycles. The van der Waals surface area contributed by atoms with Crippen LogP contribution in [0.15, 0.2) is 47.1 Å². The van der Waals surface area contributed by atoms with E-state index in [0.29, 0.717) is 12.0 Å². The largest absolute Gasteiger partial charge is 0.469 e. The number of rotatable bonds is 6. The summed E-state index contributed by atoms with van der Waals surface area (Å²) >= 11 is 0. The first kappa shape index (κ1) is 13.9. The molecule has 0 radical (unpaired) electrons. The zero-order valence-corrected chi connectivity index (χ0v) is 12.0. The van der Waals surface area contributed by atoms with Crippen LogP contribution in [0.1, 0.15) is 36.7 Å². The molecule has 19 heavy (non-hydrogen) atoms. The molecule has 2 nitrogen and oxygen atoms in total. The van der Waals surface area contributed by atoms with Gasteiger partial charge in [-0.05, 0) is 24.6 Å². The Hall–Kier alpha value is -1.54. The van der Waals surface area contributed by atoms with E-state index in [9.17, 15) is 0 Å². The normalized spacial score (nSPS) is 12.8. The first-order valence-corrected chi connectivity index (χ1v) is 6.97. The molecule has 0 fully saturated rings. The van der Waals surface area contributed by atoms with Gasteiger partial charge in [-0.15, -0.1) is 0 Å². The van der Waals surface area contributed by atoms with E-state index in [1.54, 1.807) is 6.26 Å². The highest BCUT2D eigenvalue weighted by atomic mass is 16.3. The molecular weight excluding hydrogens is 234 g/mol. The van der Waals surface area contributed by atoms with Crippen LogP contribution < -0.4 is 5.32 Å². The van der Waals surface area contributed by atoms with E-state index in [0.717, 1.165) is 18.7 Å². The van der Waals surface area contributed by atoms with Gasteiger partial charge in [0, 0.05) is 24.9 Å². The van der Waals surface area contributed by atoms with Gasteiger partial charge in [0.15, 0.2) is 0 Å². The summed E-state index contributed by atoms with van der Waals surface area (Å²) in [6.07, 6.45) is 2.69. The van der Waals surface area contributed by atoms with Crippen LogP contribution in [-0.2, 0) is 6.42 Å². The minimum Gasteiger partial charge on any atom is -0.469 e. The van der Waals surface area contributed by atoms with Crippen LogP contribution in [0.25, 0.3) is 0 Å². The molecule has 0 spiro atoms. The summed E-state index contributed by atoms with van der Waals surface area (Å²) in [6.45, 7) is 7.48. The summed E-state index contributed by atoms with van der Waals surface area (Å²) in [5, 5.41) is 3.53. The van der Waals surface area contributed by atoms with E-state index >= 15 is 0 Å². The van der Waals surface area contributed by atoms with Gasteiger partial charge >= 0.3 is 0 Å². The van der Waals surface area contributed by atoms with Gasteiger partial charge in [-0.2, -0.15) is 0 Å². The van der Waals surface area contributed by atoms with Gasteiger partial charge in [0.1, 0.15) is 5.76 Å². The maximum Gasteiger partial charge on any atom is 0.104 e. The molecule has 1 atom stereocenters. The van der Waals surface area contributed by atoms with Gasteiger partial charge in [-0.3, -0.25) is 0 Å². The number of furan rings is 1. The van der Waals surface area contributed by atoms with Crippen molar-refractivity contribution in [2.24, 2.45) is 0 Å². The monoisotopic (exact) mass is 257 g/mol. The van der Waals surface area contributed by atoms with Crippen molar-refractivity contribution in [3.8, 4) is 0 Å². The standard InChI is InChI=1S/C17H23NO/c1-13(2)18-12-16(11-17-8-5-9-19-17)15-7-4-6-14(3)10-15/h4-10,13,16,18H,11-12H2,1-3H3. The molecule has 2 rings (SSSR count). The summed E-state index contributed by atoms with van der Waals surface area (Å²) in [6, 6.07) is 13.3. The lowest BCUT2D eigenvalue weighted by Crippen LogP contribution is -2.28. The second kappa shape index (κ2) is 6.58. The zero-order valence-electron chi connectivity index (χ0n) is 12.0. The zero-order chi connectivity index (χ0) is 13.7. The molecule has 0 aliphatic heterocycles. The summed E-state index contributed by atoms with van der Waals surface area (Å²) in [5.41, 5.74) is 2.69. The molecule has 1 aromatic carbocycles. The summed E-state index contributed by atoms with van der Waals surface area (Å²) in [4.78, 5) is 0. The number of aryl methyl sites for hydroxylation is 1. The minimum atomic E-state index is 0.452. The molecule has 0 amide bonds. The number of benzene rings is 1. The van der Waals surface area contributed by atoms with Crippen molar-refractivity contribution in [3.05, 3.63) is 59.5 Å². The predicted molar refractivity (Wildman–Crippen MR) is 79.5 cm³/mol. The second-order valence-electron chi connectivity index (χ2n) is 5.46. The highest BCUT2D eigenvalue weighted by Crippen LogP contribution is 2.21. The third-order valence-corrected chi connectivity index (χ3v) is 3.31. The van der Waals surface area contributed by atoms with Crippen LogP contribution in [0.2, 0.25) is 0 Å². The fourth-order valence-corrected chi connectivity index (χ4v) is 2.28. The Labute approximate surface area is 115 Å². The van der Waals surface area contributed by atoms with E-state index in [-0.39, 0.29) is 0 Å². The van der Waals surface area contributed by atoms with E-state index in [1.165, 1.54) is 11.1 Å². The van der Waals surface area contributed by atoms with E-state index in [1.807, 2.05) is 6.07 Å². The van der Waals surface area contributed by atoms with E-state index in [2.05, 4.69) is 56.4 Å². The maximum atomic E-state index is 5.49. The summed E-state index contributed by atoms with van der Waals surface area (Å²) in [5.74, 6) is 1.51. The van der Waals surface area contributed by atoms with Crippen molar-refractivity contribution in [1.82, 2.24) is 5.32 Å². The van der Waals surface area contributed by atoms with Gasteiger partial charge in [-0.25, -0.2) is 0 Å².